The van der Waals surface area contributed by atoms with Gasteiger partial charge in [0.1, 0.15) is 0 Å². The minimum atomic E-state index is -0.747. The van der Waals surface area contributed by atoms with Gasteiger partial charge in [0.05, 0.1) is 6.42 Å². The molecule has 0 aliphatic rings. The van der Waals surface area contributed by atoms with Gasteiger partial charge in [-0.2, -0.15) is 0 Å². The molecule has 0 fully saturated rings. The third kappa shape index (κ3) is 2.13. The largest absolute Gasteiger partial charge is 0.481 e. The van der Waals surface area contributed by atoms with Gasteiger partial charge < -0.3 is 10.1 Å². The lowest BCUT2D eigenvalue weighted by Crippen LogP contribution is -2.03. The van der Waals surface area contributed by atoms with Crippen molar-refractivity contribution in [1.29, 1.82) is 0 Å². The van der Waals surface area contributed by atoms with Crippen LogP contribution in [0.25, 0.3) is 10.9 Å². The summed E-state index contributed by atoms with van der Waals surface area (Å²) in [7, 11) is 0. The second-order valence-corrected chi connectivity index (χ2v) is 4.86. The van der Waals surface area contributed by atoms with Gasteiger partial charge in [-0.3, -0.25) is 4.79 Å². The summed E-state index contributed by atoms with van der Waals surface area (Å²) in [5.41, 5.74) is 4.66. The van der Waals surface area contributed by atoms with Gasteiger partial charge in [0.25, 0.3) is 0 Å². The Morgan fingerprint density at radius 3 is 2.78 bits per heavy atom. The van der Waals surface area contributed by atoms with Gasteiger partial charge in [-0.05, 0) is 30.4 Å². The molecule has 0 spiro atoms. The fourth-order valence-electron chi connectivity index (χ4n) is 2.72. The molecular formula is C15H19NO2. The molecular weight excluding hydrogens is 226 g/mol. The van der Waals surface area contributed by atoms with Crippen LogP contribution in [0.15, 0.2) is 18.2 Å². The molecule has 0 amide bonds. The standard InChI is InChI=1S/C15H19NO2/c1-4-11-6-5-7-12-14(9(2)8-13(17)18)10(3)16-15(11)12/h5-7,9,16H,4,8H2,1-3H3,(H,17,18). The van der Waals surface area contributed by atoms with Crippen molar-refractivity contribution < 1.29 is 9.90 Å². The van der Waals surface area contributed by atoms with Crippen molar-refractivity contribution in [1.82, 2.24) is 4.98 Å². The van der Waals surface area contributed by atoms with Crippen molar-refractivity contribution in [2.45, 2.75) is 39.5 Å². The Kier molecular flexibility index (Phi) is 3.41. The first-order valence-corrected chi connectivity index (χ1v) is 6.36. The molecule has 18 heavy (non-hydrogen) atoms. The van der Waals surface area contributed by atoms with Crippen molar-refractivity contribution in [3.05, 3.63) is 35.0 Å². The molecule has 0 aliphatic heterocycles. The Balaban J connectivity index is 2.57. The zero-order chi connectivity index (χ0) is 13.3. The van der Waals surface area contributed by atoms with Crippen LogP contribution in [0.5, 0.6) is 0 Å². The van der Waals surface area contributed by atoms with E-state index in [4.69, 9.17) is 5.11 Å². The number of aromatic nitrogens is 1. The van der Waals surface area contributed by atoms with Gasteiger partial charge in [0.15, 0.2) is 0 Å². The third-order valence-corrected chi connectivity index (χ3v) is 3.51. The van der Waals surface area contributed by atoms with Crippen molar-refractivity contribution >= 4 is 16.9 Å². The van der Waals surface area contributed by atoms with Gasteiger partial charge in [-0.1, -0.05) is 32.0 Å². The lowest BCUT2D eigenvalue weighted by molar-refractivity contribution is -0.137. The summed E-state index contributed by atoms with van der Waals surface area (Å²) in [5, 5.41) is 10.1. The second kappa shape index (κ2) is 4.84. The number of fused-ring (bicyclic) bond motifs is 1. The van der Waals surface area contributed by atoms with Crippen LogP contribution in [0.2, 0.25) is 0 Å². The van der Waals surface area contributed by atoms with E-state index in [-0.39, 0.29) is 12.3 Å². The molecule has 2 N–H and O–H groups in total. The fourth-order valence-corrected chi connectivity index (χ4v) is 2.72. The Hall–Kier alpha value is -1.77. The van der Waals surface area contributed by atoms with E-state index in [0.29, 0.717) is 0 Å². The highest BCUT2D eigenvalue weighted by molar-refractivity contribution is 5.88. The number of rotatable bonds is 4. The van der Waals surface area contributed by atoms with E-state index in [2.05, 4.69) is 24.0 Å². The van der Waals surface area contributed by atoms with Crippen LogP contribution >= 0.6 is 0 Å². The Morgan fingerprint density at radius 1 is 1.44 bits per heavy atom. The molecule has 0 radical (unpaired) electrons. The summed E-state index contributed by atoms with van der Waals surface area (Å²) < 4.78 is 0. The van der Waals surface area contributed by atoms with Gasteiger partial charge >= 0.3 is 5.97 Å². The number of aromatic amines is 1. The number of hydrogen-bond acceptors (Lipinski definition) is 1. The normalized spacial score (nSPS) is 12.8. The number of para-hydroxylation sites is 1. The summed E-state index contributed by atoms with van der Waals surface area (Å²) in [4.78, 5) is 14.3. The molecule has 0 saturated heterocycles. The predicted octanol–water partition coefficient (Wildman–Crippen LogP) is 3.62. The molecule has 1 heterocycles. The first kappa shape index (κ1) is 12.7. The number of aliphatic carboxylic acids is 1. The van der Waals surface area contributed by atoms with E-state index in [1.807, 2.05) is 19.9 Å². The monoisotopic (exact) mass is 245 g/mol. The van der Waals surface area contributed by atoms with Crippen LogP contribution in [-0.2, 0) is 11.2 Å². The zero-order valence-electron chi connectivity index (χ0n) is 11.1. The molecule has 0 saturated carbocycles. The number of carbonyl (C=O) groups is 1. The van der Waals surface area contributed by atoms with Crippen molar-refractivity contribution in [3.8, 4) is 0 Å². The summed E-state index contributed by atoms with van der Waals surface area (Å²) in [5.74, 6) is -0.716. The number of carboxylic acid groups (broad SMARTS) is 1. The summed E-state index contributed by atoms with van der Waals surface area (Å²) >= 11 is 0. The lowest BCUT2D eigenvalue weighted by atomic mass is 9.94. The van der Waals surface area contributed by atoms with E-state index in [9.17, 15) is 4.79 Å². The first-order valence-electron chi connectivity index (χ1n) is 6.36. The predicted molar refractivity (Wildman–Crippen MR) is 73.1 cm³/mol. The average Bonchev–Trinajstić information content (AvgIpc) is 2.63. The van der Waals surface area contributed by atoms with Gasteiger partial charge in [-0.25, -0.2) is 0 Å². The topological polar surface area (TPSA) is 53.1 Å². The number of H-pyrrole nitrogens is 1. The molecule has 1 aromatic heterocycles. The zero-order valence-corrected chi connectivity index (χ0v) is 11.1. The highest BCUT2D eigenvalue weighted by atomic mass is 16.4. The Morgan fingerprint density at radius 2 is 2.17 bits per heavy atom. The Labute approximate surface area is 107 Å². The van der Waals surface area contributed by atoms with Crippen LogP contribution in [0.4, 0.5) is 0 Å². The van der Waals surface area contributed by atoms with Gasteiger partial charge in [-0.15, -0.1) is 0 Å². The molecule has 1 atom stereocenters. The quantitative estimate of drug-likeness (QED) is 0.864. The first-order chi connectivity index (χ1) is 8.54. The van der Waals surface area contributed by atoms with Crippen molar-refractivity contribution in [2.75, 3.05) is 0 Å². The average molecular weight is 245 g/mol. The minimum Gasteiger partial charge on any atom is -0.481 e. The molecule has 0 aliphatic carbocycles. The molecule has 1 aromatic carbocycles. The maximum absolute atomic E-state index is 10.9. The fraction of sp³-hybridized carbons (Fsp3) is 0.400. The SMILES string of the molecule is CCc1cccc2c(C(C)CC(=O)O)c(C)[nH]c12. The summed E-state index contributed by atoms with van der Waals surface area (Å²) in [6.45, 7) is 6.13. The number of benzene rings is 1. The summed E-state index contributed by atoms with van der Waals surface area (Å²) in [6, 6.07) is 6.24. The molecule has 2 rings (SSSR count). The van der Waals surface area contributed by atoms with Gasteiger partial charge in [0.2, 0.25) is 0 Å². The third-order valence-electron chi connectivity index (χ3n) is 3.51. The molecule has 0 bridgehead atoms. The number of carboxylic acids is 1. The van der Waals surface area contributed by atoms with E-state index < -0.39 is 5.97 Å². The smallest absolute Gasteiger partial charge is 0.303 e. The highest BCUT2D eigenvalue weighted by Crippen LogP contribution is 2.32. The maximum Gasteiger partial charge on any atom is 0.303 e. The number of hydrogen-bond donors (Lipinski definition) is 2. The van der Waals surface area contributed by atoms with Crippen molar-refractivity contribution in [3.63, 3.8) is 0 Å². The van der Waals surface area contributed by atoms with E-state index in [1.54, 1.807) is 0 Å². The van der Waals surface area contributed by atoms with Crippen LogP contribution in [0, 0.1) is 6.92 Å². The van der Waals surface area contributed by atoms with Crippen molar-refractivity contribution in [2.24, 2.45) is 0 Å². The molecule has 96 valence electrons. The van der Waals surface area contributed by atoms with Crippen LogP contribution in [0.3, 0.4) is 0 Å². The van der Waals surface area contributed by atoms with Crippen LogP contribution < -0.4 is 0 Å². The second-order valence-electron chi connectivity index (χ2n) is 4.86. The lowest BCUT2D eigenvalue weighted by Gasteiger charge is -2.09. The molecule has 2 aromatic rings. The molecule has 3 heteroatoms. The Bertz CT molecular complexity index is 583. The highest BCUT2D eigenvalue weighted by Gasteiger charge is 2.18. The van der Waals surface area contributed by atoms with E-state index in [0.717, 1.165) is 23.2 Å². The molecule has 3 nitrogen and oxygen atoms in total. The molecule has 1 unspecified atom stereocenters. The van der Waals surface area contributed by atoms with E-state index in [1.165, 1.54) is 10.9 Å². The van der Waals surface area contributed by atoms with E-state index >= 15 is 0 Å². The van der Waals surface area contributed by atoms with Crippen LogP contribution in [0.1, 0.15) is 43.0 Å². The number of aryl methyl sites for hydroxylation is 2. The maximum atomic E-state index is 10.9. The van der Waals surface area contributed by atoms with Gasteiger partial charge in [0, 0.05) is 16.6 Å². The number of nitrogens with one attached hydrogen (secondary N) is 1. The summed E-state index contributed by atoms with van der Waals surface area (Å²) in [6.07, 6.45) is 1.15. The van der Waals surface area contributed by atoms with Crippen LogP contribution in [-0.4, -0.2) is 16.1 Å². The minimum absolute atomic E-state index is 0.0309.